The zero-order chi connectivity index (χ0) is 20.5. The Morgan fingerprint density at radius 2 is 1.79 bits per heavy atom. The summed E-state index contributed by atoms with van der Waals surface area (Å²) >= 11 is 0. The minimum absolute atomic E-state index is 0.00650. The van der Waals surface area contributed by atoms with Crippen LogP contribution in [0, 0.1) is 6.92 Å². The molecule has 1 aromatic heterocycles. The number of halogens is 3. The number of alkyl halides is 3. The first-order valence-corrected chi connectivity index (χ1v) is 8.61. The number of nitrogens with one attached hydrogen (secondary N) is 1. The average molecular weight is 389 g/mol. The fourth-order valence-electron chi connectivity index (χ4n) is 2.98. The second-order valence-electron chi connectivity index (χ2n) is 6.44. The molecule has 3 rings (SSSR count). The molecule has 8 heteroatoms. The molecular weight excluding hydrogens is 371 g/mol. The number of hydrogen-bond acceptors (Lipinski definition) is 3. The number of benzene rings is 2. The second-order valence-corrected chi connectivity index (χ2v) is 6.44. The lowest BCUT2D eigenvalue weighted by Crippen LogP contribution is -2.39. The van der Waals surface area contributed by atoms with Gasteiger partial charge in [-0.3, -0.25) is 14.2 Å². The molecule has 5 nitrogen and oxygen atoms in total. The van der Waals surface area contributed by atoms with E-state index >= 15 is 0 Å². The van der Waals surface area contributed by atoms with Crippen LogP contribution in [-0.2, 0) is 17.5 Å². The predicted molar refractivity (Wildman–Crippen MR) is 98.7 cm³/mol. The smallest absolute Gasteiger partial charge is 0.350 e. The summed E-state index contributed by atoms with van der Waals surface area (Å²) in [4.78, 5) is 28.6. The van der Waals surface area contributed by atoms with Gasteiger partial charge in [-0.1, -0.05) is 36.4 Å². The maximum atomic E-state index is 13.3. The Labute approximate surface area is 158 Å². The van der Waals surface area contributed by atoms with Crippen LogP contribution in [-0.4, -0.2) is 15.5 Å². The summed E-state index contributed by atoms with van der Waals surface area (Å²) in [6, 6.07) is 12.2. The summed E-state index contributed by atoms with van der Waals surface area (Å²) in [5.41, 5.74) is -0.867. The van der Waals surface area contributed by atoms with Crippen LogP contribution in [0.15, 0.2) is 53.3 Å². The van der Waals surface area contributed by atoms with Crippen LogP contribution in [0.1, 0.15) is 29.8 Å². The van der Waals surface area contributed by atoms with E-state index in [0.717, 1.165) is 15.7 Å². The van der Waals surface area contributed by atoms with Crippen molar-refractivity contribution in [2.24, 2.45) is 0 Å². The molecule has 0 saturated carbocycles. The molecule has 1 unspecified atom stereocenters. The van der Waals surface area contributed by atoms with Gasteiger partial charge in [-0.2, -0.15) is 13.2 Å². The summed E-state index contributed by atoms with van der Waals surface area (Å²) in [6.07, 6.45) is -4.92. The third kappa shape index (κ3) is 3.76. The van der Waals surface area contributed by atoms with Crippen LogP contribution < -0.4 is 10.9 Å². The van der Waals surface area contributed by atoms with E-state index in [1.807, 2.05) is 31.2 Å². The number of hydrogen-bond donors (Lipinski definition) is 1. The summed E-state index contributed by atoms with van der Waals surface area (Å²) < 4.78 is 40.6. The van der Waals surface area contributed by atoms with Crippen molar-refractivity contribution in [1.82, 2.24) is 14.9 Å². The van der Waals surface area contributed by atoms with E-state index in [1.54, 1.807) is 6.07 Å². The van der Waals surface area contributed by atoms with E-state index in [9.17, 15) is 22.8 Å². The molecule has 0 saturated heterocycles. The lowest BCUT2D eigenvalue weighted by molar-refractivity contribution is -0.142. The number of amides is 1. The Morgan fingerprint density at radius 1 is 1.14 bits per heavy atom. The van der Waals surface area contributed by atoms with Gasteiger partial charge in [0.15, 0.2) is 0 Å². The Morgan fingerprint density at radius 3 is 2.46 bits per heavy atom. The standard InChI is InChI=1S/C20H18F3N3O2/c1-12-7-3-4-8-14(12)11-24-18(27)13(2)26-16-10-6-5-9-15(16)25-17(19(26)28)20(21,22)23/h3-10,13H,11H2,1-2H3,(H,24,27). The van der Waals surface area contributed by atoms with Gasteiger partial charge in [0.2, 0.25) is 11.6 Å². The van der Waals surface area contributed by atoms with Crippen LogP contribution >= 0.6 is 0 Å². The van der Waals surface area contributed by atoms with Crippen LogP contribution in [0.3, 0.4) is 0 Å². The summed E-state index contributed by atoms with van der Waals surface area (Å²) in [5, 5.41) is 2.69. The first-order valence-electron chi connectivity index (χ1n) is 8.61. The molecule has 2 aromatic carbocycles. The number of aryl methyl sites for hydroxylation is 1. The van der Waals surface area contributed by atoms with Gasteiger partial charge in [0, 0.05) is 6.54 Å². The Hall–Kier alpha value is -3.16. The number of aromatic nitrogens is 2. The van der Waals surface area contributed by atoms with Gasteiger partial charge in [0.05, 0.1) is 11.0 Å². The monoisotopic (exact) mass is 389 g/mol. The van der Waals surface area contributed by atoms with Gasteiger partial charge in [-0.15, -0.1) is 0 Å². The third-order valence-corrected chi connectivity index (χ3v) is 4.54. The second kappa shape index (κ2) is 7.46. The minimum Gasteiger partial charge on any atom is -0.350 e. The van der Waals surface area contributed by atoms with Crippen molar-refractivity contribution in [2.75, 3.05) is 0 Å². The average Bonchev–Trinajstić information content (AvgIpc) is 2.65. The van der Waals surface area contributed by atoms with E-state index in [4.69, 9.17) is 0 Å². The van der Waals surface area contributed by atoms with Crippen LogP contribution in [0.2, 0.25) is 0 Å². The highest BCUT2D eigenvalue weighted by molar-refractivity contribution is 5.83. The summed E-state index contributed by atoms with van der Waals surface area (Å²) in [7, 11) is 0. The third-order valence-electron chi connectivity index (χ3n) is 4.54. The zero-order valence-electron chi connectivity index (χ0n) is 15.2. The molecule has 3 aromatic rings. The van der Waals surface area contributed by atoms with Crippen LogP contribution in [0.4, 0.5) is 13.2 Å². The van der Waals surface area contributed by atoms with Crippen molar-refractivity contribution in [2.45, 2.75) is 32.6 Å². The van der Waals surface area contributed by atoms with Gasteiger partial charge < -0.3 is 5.32 Å². The summed E-state index contributed by atoms with van der Waals surface area (Å²) in [5.74, 6) is -0.560. The van der Waals surface area contributed by atoms with Crippen LogP contribution in [0.25, 0.3) is 11.0 Å². The largest absolute Gasteiger partial charge is 0.438 e. The molecule has 0 aliphatic rings. The molecule has 0 bridgehead atoms. The van der Waals surface area contributed by atoms with Crippen molar-refractivity contribution in [3.05, 3.63) is 75.7 Å². The molecule has 0 spiro atoms. The summed E-state index contributed by atoms with van der Waals surface area (Å²) in [6.45, 7) is 3.49. The number of para-hydroxylation sites is 2. The number of carbonyl (C=O) groups excluding carboxylic acids is 1. The SMILES string of the molecule is Cc1ccccc1CNC(=O)C(C)n1c(=O)c(C(F)(F)F)nc2ccccc21. The van der Waals surface area contributed by atoms with Crippen molar-refractivity contribution in [1.29, 1.82) is 0 Å². The Kier molecular flexibility index (Phi) is 5.22. The van der Waals surface area contributed by atoms with Crippen molar-refractivity contribution in [3.8, 4) is 0 Å². The number of carbonyl (C=O) groups is 1. The highest BCUT2D eigenvalue weighted by atomic mass is 19.4. The highest BCUT2D eigenvalue weighted by Crippen LogP contribution is 2.27. The van der Waals surface area contributed by atoms with Crippen molar-refractivity contribution >= 4 is 16.9 Å². The molecule has 28 heavy (non-hydrogen) atoms. The quantitative estimate of drug-likeness (QED) is 0.742. The molecule has 1 atom stereocenters. The van der Waals surface area contributed by atoms with Crippen molar-refractivity contribution in [3.63, 3.8) is 0 Å². The first-order chi connectivity index (χ1) is 13.2. The minimum atomic E-state index is -4.92. The lowest BCUT2D eigenvalue weighted by Gasteiger charge is -2.19. The van der Waals surface area contributed by atoms with E-state index in [0.29, 0.717) is 0 Å². The molecule has 1 N–H and O–H groups in total. The molecule has 0 aliphatic carbocycles. The molecule has 1 heterocycles. The fraction of sp³-hybridized carbons (Fsp3) is 0.250. The van der Waals surface area contributed by atoms with E-state index in [-0.39, 0.29) is 17.6 Å². The lowest BCUT2D eigenvalue weighted by atomic mass is 10.1. The number of nitrogens with zero attached hydrogens (tertiary/aromatic N) is 2. The topological polar surface area (TPSA) is 64.0 Å². The molecule has 0 fully saturated rings. The molecule has 0 aliphatic heterocycles. The van der Waals surface area contributed by atoms with Gasteiger partial charge in [-0.25, -0.2) is 4.98 Å². The molecule has 1 amide bonds. The van der Waals surface area contributed by atoms with Gasteiger partial charge >= 0.3 is 6.18 Å². The van der Waals surface area contributed by atoms with E-state index in [2.05, 4.69) is 10.3 Å². The van der Waals surface area contributed by atoms with E-state index < -0.39 is 29.4 Å². The van der Waals surface area contributed by atoms with Gasteiger partial charge in [0.1, 0.15) is 6.04 Å². The Bertz CT molecular complexity index is 1090. The fourth-order valence-corrected chi connectivity index (χ4v) is 2.98. The maximum Gasteiger partial charge on any atom is 0.438 e. The number of fused-ring (bicyclic) bond motifs is 1. The predicted octanol–water partition coefficient (Wildman–Crippen LogP) is 3.60. The molecule has 0 radical (unpaired) electrons. The maximum absolute atomic E-state index is 13.3. The number of rotatable bonds is 4. The highest BCUT2D eigenvalue weighted by Gasteiger charge is 2.38. The van der Waals surface area contributed by atoms with Gasteiger partial charge in [-0.05, 0) is 37.1 Å². The van der Waals surface area contributed by atoms with Crippen LogP contribution in [0.5, 0.6) is 0 Å². The zero-order valence-corrected chi connectivity index (χ0v) is 15.2. The molecule has 146 valence electrons. The van der Waals surface area contributed by atoms with Gasteiger partial charge in [0.25, 0.3) is 5.56 Å². The molecular formula is C20H18F3N3O2. The normalized spacial score (nSPS) is 12.8. The van der Waals surface area contributed by atoms with Crippen molar-refractivity contribution < 1.29 is 18.0 Å². The van der Waals surface area contributed by atoms with E-state index in [1.165, 1.54) is 25.1 Å². The Balaban J connectivity index is 1.99. The first kappa shape index (κ1) is 19.6.